The molecular weight excluding hydrogens is 432 g/mol. The second kappa shape index (κ2) is 7.10. The number of hydrogen-bond donors (Lipinski definition) is 2. The largest absolute Gasteiger partial charge is 0.451 e. The topological polar surface area (TPSA) is 88.4 Å². The fourth-order valence-corrected chi connectivity index (χ4v) is 4.35. The van der Waals surface area contributed by atoms with Crippen molar-refractivity contribution in [1.29, 1.82) is 0 Å². The maximum absolute atomic E-state index is 12.3. The van der Waals surface area contributed by atoms with Crippen molar-refractivity contribution in [3.05, 3.63) is 64.3 Å². The summed E-state index contributed by atoms with van der Waals surface area (Å²) in [5.74, 6) is -0.0923. The van der Waals surface area contributed by atoms with Crippen LogP contribution in [0, 0.1) is 0 Å². The van der Waals surface area contributed by atoms with Crippen molar-refractivity contribution in [2.45, 2.75) is 30.3 Å². The van der Waals surface area contributed by atoms with Gasteiger partial charge in [0.05, 0.1) is 4.90 Å². The van der Waals surface area contributed by atoms with E-state index in [-0.39, 0.29) is 29.1 Å². The summed E-state index contributed by atoms with van der Waals surface area (Å²) in [5.41, 5.74) is 1.44. The zero-order valence-electron chi connectivity index (χ0n) is 14.2. The molecule has 1 saturated carbocycles. The first-order valence-electron chi connectivity index (χ1n) is 8.49. The summed E-state index contributed by atoms with van der Waals surface area (Å²) in [5, 5.41) is 3.62. The normalized spacial score (nSPS) is 14.4. The summed E-state index contributed by atoms with van der Waals surface area (Å²) in [4.78, 5) is 12.5. The molecule has 3 aromatic rings. The van der Waals surface area contributed by atoms with Crippen molar-refractivity contribution in [2.75, 3.05) is 0 Å². The van der Waals surface area contributed by atoms with Crippen molar-refractivity contribution >= 4 is 42.8 Å². The predicted octanol–water partition coefficient (Wildman–Crippen LogP) is 3.57. The number of amides is 1. The lowest BCUT2D eigenvalue weighted by molar-refractivity contribution is 0.0925. The van der Waals surface area contributed by atoms with Gasteiger partial charge in [0.15, 0.2) is 5.76 Å². The third kappa shape index (κ3) is 4.23. The van der Waals surface area contributed by atoms with Gasteiger partial charge in [0.1, 0.15) is 5.58 Å². The summed E-state index contributed by atoms with van der Waals surface area (Å²) in [6.07, 6.45) is 1.78. The van der Waals surface area contributed by atoms with E-state index in [1.807, 2.05) is 12.1 Å². The standard InChI is InChI=1S/C19H17BrN2O4S/c20-14-3-8-17-13(9-14)10-18(26-17)19(23)21-11-12-1-6-16(7-2-12)27(24,25)22-15-4-5-15/h1-3,6-10,15,22H,4-5,11H2,(H,21,23). The fourth-order valence-electron chi connectivity index (χ4n) is 2.67. The highest BCUT2D eigenvalue weighted by atomic mass is 79.9. The van der Waals surface area contributed by atoms with Gasteiger partial charge in [-0.25, -0.2) is 13.1 Å². The zero-order chi connectivity index (χ0) is 19.0. The van der Waals surface area contributed by atoms with Crippen LogP contribution in [0.5, 0.6) is 0 Å². The van der Waals surface area contributed by atoms with Gasteiger partial charge in [-0.3, -0.25) is 4.79 Å². The van der Waals surface area contributed by atoms with Crippen LogP contribution in [0.3, 0.4) is 0 Å². The number of furan rings is 1. The molecule has 6 nitrogen and oxygen atoms in total. The summed E-state index contributed by atoms with van der Waals surface area (Å²) in [7, 11) is -3.46. The van der Waals surface area contributed by atoms with Crippen LogP contribution >= 0.6 is 15.9 Å². The van der Waals surface area contributed by atoms with Gasteiger partial charge < -0.3 is 9.73 Å². The monoisotopic (exact) mass is 448 g/mol. The Morgan fingerprint density at radius 2 is 1.85 bits per heavy atom. The molecule has 0 aliphatic heterocycles. The van der Waals surface area contributed by atoms with Gasteiger partial charge in [-0.05, 0) is 54.8 Å². The molecule has 8 heteroatoms. The highest BCUT2D eigenvalue weighted by Crippen LogP contribution is 2.24. The molecule has 1 heterocycles. The Hall–Kier alpha value is -2.16. The Morgan fingerprint density at radius 3 is 2.56 bits per heavy atom. The lowest BCUT2D eigenvalue weighted by atomic mass is 10.2. The van der Waals surface area contributed by atoms with E-state index in [0.717, 1.165) is 28.3 Å². The third-order valence-corrected chi connectivity index (χ3v) is 6.32. The first-order chi connectivity index (χ1) is 12.9. The number of hydrogen-bond acceptors (Lipinski definition) is 4. The van der Waals surface area contributed by atoms with Crippen LogP contribution in [0.25, 0.3) is 11.0 Å². The van der Waals surface area contributed by atoms with E-state index < -0.39 is 10.0 Å². The summed E-state index contributed by atoms with van der Waals surface area (Å²) in [6, 6.07) is 13.8. The lowest BCUT2D eigenvalue weighted by Crippen LogP contribution is -2.25. The number of benzene rings is 2. The van der Waals surface area contributed by atoms with Crippen LogP contribution in [-0.2, 0) is 16.6 Å². The molecule has 2 N–H and O–H groups in total. The number of sulfonamides is 1. The third-order valence-electron chi connectivity index (χ3n) is 4.29. The van der Waals surface area contributed by atoms with Crippen molar-refractivity contribution in [1.82, 2.24) is 10.0 Å². The van der Waals surface area contributed by atoms with Crippen LogP contribution in [0.15, 0.2) is 62.3 Å². The molecule has 0 unspecified atom stereocenters. The Balaban J connectivity index is 1.40. The lowest BCUT2D eigenvalue weighted by Gasteiger charge is -2.07. The van der Waals surface area contributed by atoms with Crippen LogP contribution in [0.1, 0.15) is 29.0 Å². The Morgan fingerprint density at radius 1 is 1.11 bits per heavy atom. The molecule has 4 rings (SSSR count). The minimum absolute atomic E-state index is 0.0680. The van der Waals surface area contributed by atoms with Gasteiger partial charge in [-0.15, -0.1) is 0 Å². The second-order valence-corrected chi connectivity index (χ2v) is 9.14. The molecule has 27 heavy (non-hydrogen) atoms. The molecule has 1 amide bonds. The van der Waals surface area contributed by atoms with Gasteiger partial charge in [0.25, 0.3) is 5.91 Å². The van der Waals surface area contributed by atoms with Gasteiger partial charge in [0.2, 0.25) is 10.0 Å². The van der Waals surface area contributed by atoms with Crippen molar-refractivity contribution < 1.29 is 17.6 Å². The maximum Gasteiger partial charge on any atom is 0.287 e. The quantitative estimate of drug-likeness (QED) is 0.603. The van der Waals surface area contributed by atoms with E-state index >= 15 is 0 Å². The van der Waals surface area contributed by atoms with E-state index in [0.29, 0.717) is 5.58 Å². The summed E-state index contributed by atoms with van der Waals surface area (Å²) >= 11 is 3.39. The van der Waals surface area contributed by atoms with Gasteiger partial charge in [-0.1, -0.05) is 28.1 Å². The van der Waals surface area contributed by atoms with Crippen molar-refractivity contribution in [3.63, 3.8) is 0 Å². The second-order valence-electron chi connectivity index (χ2n) is 6.51. The van der Waals surface area contributed by atoms with Crippen LogP contribution in [0.4, 0.5) is 0 Å². The number of carbonyl (C=O) groups excluding carboxylic acids is 1. The molecule has 2 aromatic carbocycles. The van der Waals surface area contributed by atoms with E-state index in [2.05, 4.69) is 26.0 Å². The maximum atomic E-state index is 12.3. The molecule has 1 aliphatic carbocycles. The molecule has 1 aromatic heterocycles. The van der Waals surface area contributed by atoms with E-state index in [4.69, 9.17) is 4.42 Å². The van der Waals surface area contributed by atoms with Gasteiger partial charge in [-0.2, -0.15) is 0 Å². The molecular formula is C19H17BrN2O4S. The first kappa shape index (κ1) is 18.2. The average molecular weight is 449 g/mol. The minimum Gasteiger partial charge on any atom is -0.451 e. The Labute approximate surface area is 165 Å². The molecule has 1 aliphatic rings. The number of rotatable bonds is 6. The number of fused-ring (bicyclic) bond motifs is 1. The van der Waals surface area contributed by atoms with Crippen LogP contribution in [0.2, 0.25) is 0 Å². The molecule has 0 radical (unpaired) electrons. The molecule has 0 spiro atoms. The number of carbonyl (C=O) groups is 1. The fraction of sp³-hybridized carbons (Fsp3) is 0.211. The van der Waals surface area contributed by atoms with E-state index in [1.54, 1.807) is 36.4 Å². The van der Waals surface area contributed by atoms with Crippen LogP contribution in [-0.4, -0.2) is 20.4 Å². The molecule has 0 saturated heterocycles. The first-order valence-corrected chi connectivity index (χ1v) is 10.8. The SMILES string of the molecule is O=C(NCc1ccc(S(=O)(=O)NC2CC2)cc1)c1cc2cc(Br)ccc2o1. The van der Waals surface area contributed by atoms with E-state index in [9.17, 15) is 13.2 Å². The van der Waals surface area contributed by atoms with E-state index in [1.165, 1.54) is 0 Å². The van der Waals surface area contributed by atoms with Crippen LogP contribution < -0.4 is 10.0 Å². The number of halogens is 1. The van der Waals surface area contributed by atoms with Gasteiger partial charge in [0, 0.05) is 22.4 Å². The Kier molecular flexibility index (Phi) is 4.79. The highest BCUT2D eigenvalue weighted by molar-refractivity contribution is 9.10. The van der Waals surface area contributed by atoms with Crippen molar-refractivity contribution in [2.24, 2.45) is 0 Å². The smallest absolute Gasteiger partial charge is 0.287 e. The summed E-state index contributed by atoms with van der Waals surface area (Å²) in [6.45, 7) is 0.274. The zero-order valence-corrected chi connectivity index (χ0v) is 16.6. The molecule has 140 valence electrons. The molecule has 0 bridgehead atoms. The average Bonchev–Trinajstić information content (AvgIpc) is 3.34. The molecule has 1 fully saturated rings. The predicted molar refractivity (Wildman–Crippen MR) is 105 cm³/mol. The molecule has 0 atom stereocenters. The summed E-state index contributed by atoms with van der Waals surface area (Å²) < 4.78 is 33.4. The number of nitrogens with one attached hydrogen (secondary N) is 2. The Bertz CT molecular complexity index is 1100. The van der Waals surface area contributed by atoms with Gasteiger partial charge >= 0.3 is 0 Å². The minimum atomic E-state index is -3.46. The highest BCUT2D eigenvalue weighted by Gasteiger charge is 2.27. The van der Waals surface area contributed by atoms with Crippen molar-refractivity contribution in [3.8, 4) is 0 Å².